The average molecular weight is 274 g/mol. The number of thiophene rings is 1. The van der Waals surface area contributed by atoms with Gasteiger partial charge in [0.15, 0.2) is 0 Å². The Morgan fingerprint density at radius 3 is 3.24 bits per heavy atom. The lowest BCUT2D eigenvalue weighted by molar-refractivity contribution is -0.121. The Kier molecular flexibility index (Phi) is 2.96. The fraction of sp³-hybridized carbons (Fsp3) is 0.667. The first kappa shape index (κ1) is 11.9. The van der Waals surface area contributed by atoms with E-state index in [0.29, 0.717) is 12.6 Å². The average Bonchev–Trinajstić information content (AvgIpc) is 2.68. The van der Waals surface area contributed by atoms with Gasteiger partial charge in [-0.2, -0.15) is 0 Å². The summed E-state index contributed by atoms with van der Waals surface area (Å²) in [5.74, 6) is 0. The maximum Gasteiger partial charge on any atom is 0.105 e. The molecule has 0 aromatic carbocycles. The van der Waals surface area contributed by atoms with Crippen molar-refractivity contribution in [1.82, 2.24) is 5.32 Å². The number of aliphatic hydroxyl groups is 1. The van der Waals surface area contributed by atoms with E-state index in [-0.39, 0.29) is 5.60 Å². The summed E-state index contributed by atoms with van der Waals surface area (Å²) in [4.78, 5) is 1.13. The second-order valence-corrected chi connectivity index (χ2v) is 6.65. The van der Waals surface area contributed by atoms with Gasteiger partial charge in [-0.15, -0.1) is 11.3 Å². The molecular formula is C12H16ClNO2S. The van der Waals surface area contributed by atoms with Crippen LogP contribution in [0, 0.1) is 0 Å². The minimum Gasteiger partial charge on any atom is -0.386 e. The molecule has 2 N–H and O–H groups in total. The molecule has 0 saturated carbocycles. The van der Waals surface area contributed by atoms with E-state index < -0.39 is 6.10 Å². The van der Waals surface area contributed by atoms with Crippen LogP contribution in [0.1, 0.15) is 36.3 Å². The highest BCUT2D eigenvalue weighted by Gasteiger charge is 2.44. The van der Waals surface area contributed by atoms with Gasteiger partial charge >= 0.3 is 0 Å². The molecule has 0 radical (unpaired) electrons. The molecule has 5 heteroatoms. The number of rotatable bonds is 0. The minimum absolute atomic E-state index is 0.225. The van der Waals surface area contributed by atoms with Crippen LogP contribution in [0.25, 0.3) is 0 Å². The topological polar surface area (TPSA) is 41.5 Å². The highest BCUT2D eigenvalue weighted by atomic mass is 35.5. The Morgan fingerprint density at radius 2 is 2.47 bits per heavy atom. The summed E-state index contributed by atoms with van der Waals surface area (Å²) in [5.41, 5.74) is 0.747. The van der Waals surface area contributed by atoms with E-state index in [1.165, 1.54) is 0 Å². The van der Waals surface area contributed by atoms with Crippen LogP contribution in [0.4, 0.5) is 0 Å². The molecule has 1 fully saturated rings. The first-order valence-corrected chi connectivity index (χ1v) is 7.15. The van der Waals surface area contributed by atoms with Crippen molar-refractivity contribution >= 4 is 22.9 Å². The molecule has 0 amide bonds. The van der Waals surface area contributed by atoms with Gasteiger partial charge in [-0.3, -0.25) is 0 Å². The largest absolute Gasteiger partial charge is 0.386 e. The summed E-state index contributed by atoms with van der Waals surface area (Å²) >= 11 is 7.65. The van der Waals surface area contributed by atoms with Crippen LogP contribution in [0.2, 0.25) is 4.34 Å². The van der Waals surface area contributed by atoms with Gasteiger partial charge in [0.05, 0.1) is 10.9 Å². The molecule has 3 nitrogen and oxygen atoms in total. The van der Waals surface area contributed by atoms with E-state index in [2.05, 4.69) is 12.2 Å². The molecule has 17 heavy (non-hydrogen) atoms. The molecule has 1 aromatic heterocycles. The summed E-state index contributed by atoms with van der Waals surface area (Å²) < 4.78 is 6.73. The van der Waals surface area contributed by atoms with Crippen molar-refractivity contribution in [3.05, 3.63) is 20.8 Å². The predicted molar refractivity (Wildman–Crippen MR) is 68.6 cm³/mol. The van der Waals surface area contributed by atoms with Crippen LogP contribution in [0.5, 0.6) is 0 Å². The lowest BCUT2D eigenvalue weighted by atomic mass is 9.82. The molecule has 94 valence electrons. The SMILES string of the molecule is C[C@H]1C[C@@]2(CCN1)OC[C@H](O)c1cc(Cl)sc12. The Morgan fingerprint density at radius 1 is 1.65 bits per heavy atom. The van der Waals surface area contributed by atoms with Gasteiger partial charge in [-0.1, -0.05) is 11.6 Å². The van der Waals surface area contributed by atoms with Gasteiger partial charge < -0.3 is 15.2 Å². The first-order valence-electron chi connectivity index (χ1n) is 5.96. The van der Waals surface area contributed by atoms with Crippen molar-refractivity contribution in [3.63, 3.8) is 0 Å². The number of halogens is 1. The molecule has 1 aromatic rings. The number of hydrogen-bond acceptors (Lipinski definition) is 4. The van der Waals surface area contributed by atoms with E-state index in [1.807, 2.05) is 6.07 Å². The van der Waals surface area contributed by atoms with Crippen molar-refractivity contribution in [2.45, 2.75) is 37.5 Å². The van der Waals surface area contributed by atoms with Crippen LogP contribution in [-0.4, -0.2) is 24.3 Å². The van der Waals surface area contributed by atoms with Gasteiger partial charge in [-0.05, 0) is 32.4 Å². The van der Waals surface area contributed by atoms with Gasteiger partial charge in [0.1, 0.15) is 11.7 Å². The fourth-order valence-electron chi connectivity index (χ4n) is 2.90. The number of nitrogens with one attached hydrogen (secondary N) is 1. The normalized spacial score (nSPS) is 37.1. The number of hydrogen-bond donors (Lipinski definition) is 2. The van der Waals surface area contributed by atoms with Gasteiger partial charge in [0, 0.05) is 16.5 Å². The van der Waals surface area contributed by atoms with Gasteiger partial charge in [-0.25, -0.2) is 0 Å². The third kappa shape index (κ3) is 1.92. The van der Waals surface area contributed by atoms with E-state index in [9.17, 15) is 5.11 Å². The molecule has 1 spiro atoms. The number of piperidine rings is 1. The van der Waals surface area contributed by atoms with Crippen LogP contribution >= 0.6 is 22.9 Å². The summed E-state index contributed by atoms with van der Waals surface area (Å²) in [6.07, 6.45) is 1.38. The van der Waals surface area contributed by atoms with Gasteiger partial charge in [0.25, 0.3) is 0 Å². The van der Waals surface area contributed by atoms with Crippen LogP contribution in [0.15, 0.2) is 6.07 Å². The molecule has 3 rings (SSSR count). The van der Waals surface area contributed by atoms with Crippen molar-refractivity contribution < 1.29 is 9.84 Å². The maximum absolute atomic E-state index is 9.96. The third-order valence-corrected chi connectivity index (χ3v) is 5.14. The van der Waals surface area contributed by atoms with Gasteiger partial charge in [0.2, 0.25) is 0 Å². The molecule has 0 unspecified atom stereocenters. The zero-order valence-electron chi connectivity index (χ0n) is 9.70. The minimum atomic E-state index is -0.524. The van der Waals surface area contributed by atoms with E-state index in [0.717, 1.165) is 34.2 Å². The van der Waals surface area contributed by atoms with E-state index in [1.54, 1.807) is 11.3 Å². The molecule has 0 aliphatic carbocycles. The molecule has 2 aliphatic rings. The van der Waals surface area contributed by atoms with Crippen molar-refractivity contribution in [2.75, 3.05) is 13.2 Å². The summed E-state index contributed by atoms with van der Waals surface area (Å²) in [5, 5.41) is 13.4. The molecule has 3 atom stereocenters. The number of aliphatic hydroxyl groups excluding tert-OH is 1. The third-order valence-electron chi connectivity index (χ3n) is 3.68. The standard InChI is InChI=1S/C12H16ClNO2S/c1-7-5-12(2-3-14-7)11-8(4-10(13)17-11)9(15)6-16-12/h4,7,9,14-15H,2-3,5-6H2,1H3/t7-,9-,12+/m0/s1. The Hall–Kier alpha value is -0.130. The molecule has 0 bridgehead atoms. The zero-order valence-corrected chi connectivity index (χ0v) is 11.3. The smallest absolute Gasteiger partial charge is 0.105 e. The highest BCUT2D eigenvalue weighted by molar-refractivity contribution is 7.16. The highest BCUT2D eigenvalue weighted by Crippen LogP contribution is 2.48. The monoisotopic (exact) mass is 273 g/mol. The Labute approximate surface area is 110 Å². The van der Waals surface area contributed by atoms with Crippen molar-refractivity contribution in [3.8, 4) is 0 Å². The molecule has 2 aliphatic heterocycles. The number of fused-ring (bicyclic) bond motifs is 2. The van der Waals surface area contributed by atoms with Crippen LogP contribution in [0.3, 0.4) is 0 Å². The Bertz CT molecular complexity index is 436. The Balaban J connectivity index is 2.04. The molecule has 3 heterocycles. The summed E-state index contributed by atoms with van der Waals surface area (Å²) in [7, 11) is 0. The number of ether oxygens (including phenoxy) is 1. The van der Waals surface area contributed by atoms with E-state index >= 15 is 0 Å². The lowest BCUT2D eigenvalue weighted by Gasteiger charge is -2.43. The maximum atomic E-state index is 9.96. The lowest BCUT2D eigenvalue weighted by Crippen LogP contribution is -2.48. The fourth-order valence-corrected chi connectivity index (χ4v) is 4.37. The first-order chi connectivity index (χ1) is 8.11. The van der Waals surface area contributed by atoms with Crippen molar-refractivity contribution in [2.24, 2.45) is 0 Å². The van der Waals surface area contributed by atoms with Crippen LogP contribution < -0.4 is 5.32 Å². The van der Waals surface area contributed by atoms with Crippen molar-refractivity contribution in [1.29, 1.82) is 0 Å². The second kappa shape index (κ2) is 4.21. The quantitative estimate of drug-likeness (QED) is 0.763. The summed E-state index contributed by atoms with van der Waals surface area (Å²) in [6.45, 7) is 3.50. The molecular weight excluding hydrogens is 258 g/mol. The van der Waals surface area contributed by atoms with E-state index in [4.69, 9.17) is 16.3 Å². The second-order valence-electron chi connectivity index (χ2n) is 4.97. The zero-order chi connectivity index (χ0) is 12.0. The molecule has 1 saturated heterocycles. The van der Waals surface area contributed by atoms with Crippen LogP contribution in [-0.2, 0) is 10.3 Å². The predicted octanol–water partition coefficient (Wildman–Crippen LogP) is 2.43. The summed E-state index contributed by atoms with van der Waals surface area (Å²) in [6, 6.07) is 2.33.